The minimum atomic E-state index is -4.73. The Labute approximate surface area is 139 Å². The molecule has 2 aromatic heterocycles. The lowest BCUT2D eigenvalue weighted by Gasteiger charge is -2.10. The van der Waals surface area contributed by atoms with Crippen molar-refractivity contribution in [3.05, 3.63) is 59.9 Å². The number of pyridine rings is 1. The Balaban J connectivity index is 1.84. The topological polar surface area (TPSA) is 76.4 Å². The molecule has 0 aliphatic heterocycles. The summed E-state index contributed by atoms with van der Waals surface area (Å²) in [4.78, 5) is 15.6. The van der Waals surface area contributed by atoms with E-state index in [1.165, 1.54) is 35.9 Å². The number of rotatable bonds is 4. The molecular weight excluding hydrogens is 339 g/mol. The summed E-state index contributed by atoms with van der Waals surface area (Å²) in [7, 11) is 0. The van der Waals surface area contributed by atoms with Crippen LogP contribution in [0.25, 0.3) is 11.0 Å². The third-order valence-electron chi connectivity index (χ3n) is 3.49. The molecular formula is C16H12F3N3O3. The number of hydroxylamine groups is 1. The van der Waals surface area contributed by atoms with Crippen LogP contribution in [-0.2, 0) is 6.54 Å². The first-order valence-corrected chi connectivity index (χ1v) is 7.10. The molecule has 25 heavy (non-hydrogen) atoms. The van der Waals surface area contributed by atoms with Gasteiger partial charge >= 0.3 is 6.36 Å². The second-order valence-electron chi connectivity index (χ2n) is 5.20. The summed E-state index contributed by atoms with van der Waals surface area (Å²) in [5.41, 5.74) is 3.76. The molecule has 1 amide bonds. The number of benzene rings is 1. The smallest absolute Gasteiger partial charge is 0.406 e. The van der Waals surface area contributed by atoms with Crippen molar-refractivity contribution < 1.29 is 27.9 Å². The van der Waals surface area contributed by atoms with E-state index in [0.29, 0.717) is 17.6 Å². The third-order valence-corrected chi connectivity index (χ3v) is 3.49. The molecule has 0 aliphatic carbocycles. The van der Waals surface area contributed by atoms with E-state index in [2.05, 4.69) is 9.72 Å². The molecule has 1 aromatic carbocycles. The SMILES string of the molecule is O=C(NO)c1cnc2ccn(Cc3ccc(OC(F)(F)F)cc3)c2c1. The third kappa shape index (κ3) is 3.89. The van der Waals surface area contributed by atoms with Crippen LogP contribution in [0.15, 0.2) is 48.8 Å². The summed E-state index contributed by atoms with van der Waals surface area (Å²) in [6.45, 7) is 0.363. The van der Waals surface area contributed by atoms with E-state index in [0.717, 1.165) is 5.56 Å². The van der Waals surface area contributed by atoms with Crippen LogP contribution in [0.4, 0.5) is 13.2 Å². The molecule has 0 radical (unpaired) electrons. The van der Waals surface area contributed by atoms with Crippen LogP contribution >= 0.6 is 0 Å². The Morgan fingerprint density at radius 3 is 2.60 bits per heavy atom. The van der Waals surface area contributed by atoms with Crippen molar-refractivity contribution in [1.29, 1.82) is 0 Å². The van der Waals surface area contributed by atoms with Crippen LogP contribution in [0.3, 0.4) is 0 Å². The van der Waals surface area contributed by atoms with Gasteiger partial charge in [0.25, 0.3) is 5.91 Å². The molecule has 6 nitrogen and oxygen atoms in total. The van der Waals surface area contributed by atoms with E-state index in [1.54, 1.807) is 22.9 Å². The fourth-order valence-corrected chi connectivity index (χ4v) is 2.38. The highest BCUT2D eigenvalue weighted by Crippen LogP contribution is 2.23. The number of nitrogens with one attached hydrogen (secondary N) is 1. The molecule has 0 unspecified atom stereocenters. The minimum Gasteiger partial charge on any atom is -0.406 e. The van der Waals surface area contributed by atoms with Crippen LogP contribution in [0, 0.1) is 0 Å². The van der Waals surface area contributed by atoms with Gasteiger partial charge in [-0.1, -0.05) is 12.1 Å². The van der Waals surface area contributed by atoms with Gasteiger partial charge in [0.2, 0.25) is 0 Å². The number of alkyl halides is 3. The van der Waals surface area contributed by atoms with Crippen molar-refractivity contribution in [2.75, 3.05) is 0 Å². The molecule has 2 N–H and O–H groups in total. The normalized spacial score (nSPS) is 11.5. The molecule has 130 valence electrons. The Morgan fingerprint density at radius 1 is 1.24 bits per heavy atom. The van der Waals surface area contributed by atoms with Gasteiger partial charge < -0.3 is 9.30 Å². The van der Waals surface area contributed by atoms with Crippen LogP contribution in [0.2, 0.25) is 0 Å². The fourth-order valence-electron chi connectivity index (χ4n) is 2.38. The average molecular weight is 351 g/mol. The molecule has 3 rings (SSSR count). The second-order valence-corrected chi connectivity index (χ2v) is 5.20. The minimum absolute atomic E-state index is 0.184. The molecule has 0 spiro atoms. The van der Waals surface area contributed by atoms with Crippen molar-refractivity contribution in [2.24, 2.45) is 0 Å². The van der Waals surface area contributed by atoms with Gasteiger partial charge in [0.1, 0.15) is 5.75 Å². The van der Waals surface area contributed by atoms with Gasteiger partial charge in [-0.05, 0) is 29.8 Å². The quantitative estimate of drug-likeness (QED) is 0.559. The summed E-state index contributed by atoms with van der Waals surface area (Å²) in [5, 5.41) is 8.70. The Hall–Kier alpha value is -3.07. The van der Waals surface area contributed by atoms with E-state index >= 15 is 0 Å². The monoisotopic (exact) mass is 351 g/mol. The summed E-state index contributed by atoms with van der Waals surface area (Å²) >= 11 is 0. The molecule has 9 heteroatoms. The summed E-state index contributed by atoms with van der Waals surface area (Å²) in [6, 6.07) is 8.82. The predicted octanol–water partition coefficient (Wildman–Crippen LogP) is 3.10. The number of nitrogens with zero attached hydrogens (tertiary/aromatic N) is 2. The maximum absolute atomic E-state index is 12.2. The number of fused-ring (bicyclic) bond motifs is 1. The van der Waals surface area contributed by atoms with Gasteiger partial charge in [-0.2, -0.15) is 0 Å². The van der Waals surface area contributed by atoms with Crippen molar-refractivity contribution in [2.45, 2.75) is 12.9 Å². The standard InChI is InChI=1S/C16H12F3N3O3/c17-16(18,19)25-12-3-1-10(2-4-12)9-22-6-5-13-14(22)7-11(8-20-13)15(23)21-24/h1-8,24H,9H2,(H,21,23). The highest BCUT2D eigenvalue weighted by molar-refractivity contribution is 5.96. The van der Waals surface area contributed by atoms with E-state index < -0.39 is 12.3 Å². The maximum atomic E-state index is 12.2. The maximum Gasteiger partial charge on any atom is 0.573 e. The van der Waals surface area contributed by atoms with Gasteiger partial charge in [-0.25, -0.2) is 5.48 Å². The van der Waals surface area contributed by atoms with Crippen LogP contribution < -0.4 is 10.2 Å². The zero-order chi connectivity index (χ0) is 18.0. The molecule has 0 bridgehead atoms. The first-order valence-electron chi connectivity index (χ1n) is 7.10. The lowest BCUT2D eigenvalue weighted by atomic mass is 10.2. The number of carbonyl (C=O) groups is 1. The van der Waals surface area contributed by atoms with Gasteiger partial charge in [0.15, 0.2) is 0 Å². The highest BCUT2D eigenvalue weighted by Gasteiger charge is 2.30. The number of carbonyl (C=O) groups excluding carboxylic acids is 1. The van der Waals surface area contributed by atoms with Crippen LogP contribution in [0.1, 0.15) is 15.9 Å². The molecule has 0 aliphatic rings. The second kappa shape index (κ2) is 6.44. The largest absolute Gasteiger partial charge is 0.573 e. The van der Waals surface area contributed by atoms with Crippen molar-refractivity contribution in [3.8, 4) is 5.75 Å². The number of aromatic nitrogens is 2. The molecule has 3 aromatic rings. The van der Waals surface area contributed by atoms with E-state index in [-0.39, 0.29) is 11.3 Å². The van der Waals surface area contributed by atoms with E-state index in [9.17, 15) is 18.0 Å². The molecule has 0 atom stereocenters. The molecule has 0 fully saturated rings. The fraction of sp³-hybridized carbons (Fsp3) is 0.125. The average Bonchev–Trinajstić information content (AvgIpc) is 2.97. The predicted molar refractivity (Wildman–Crippen MR) is 81.2 cm³/mol. The number of amides is 1. The van der Waals surface area contributed by atoms with Gasteiger partial charge in [0.05, 0.1) is 16.6 Å². The van der Waals surface area contributed by atoms with E-state index in [1.807, 2.05) is 0 Å². The number of hydrogen-bond donors (Lipinski definition) is 2. The number of halogens is 3. The molecule has 2 heterocycles. The lowest BCUT2D eigenvalue weighted by molar-refractivity contribution is -0.274. The highest BCUT2D eigenvalue weighted by atomic mass is 19.4. The first-order chi connectivity index (χ1) is 11.9. The first kappa shape index (κ1) is 16.8. The summed E-state index contributed by atoms with van der Waals surface area (Å²) in [5.74, 6) is -0.979. The molecule has 0 saturated heterocycles. The molecule has 0 saturated carbocycles. The zero-order valence-corrected chi connectivity index (χ0v) is 12.6. The lowest BCUT2D eigenvalue weighted by Crippen LogP contribution is -2.18. The number of hydrogen-bond acceptors (Lipinski definition) is 4. The van der Waals surface area contributed by atoms with Crippen molar-refractivity contribution in [1.82, 2.24) is 15.0 Å². The van der Waals surface area contributed by atoms with Crippen LogP contribution in [-0.4, -0.2) is 27.0 Å². The Kier molecular flexibility index (Phi) is 4.32. The summed E-state index contributed by atoms with van der Waals surface area (Å²) < 4.78 is 42.1. The number of ether oxygens (including phenoxy) is 1. The van der Waals surface area contributed by atoms with Gasteiger partial charge in [-0.15, -0.1) is 13.2 Å². The van der Waals surface area contributed by atoms with Crippen molar-refractivity contribution >= 4 is 16.9 Å². The van der Waals surface area contributed by atoms with E-state index in [4.69, 9.17) is 5.21 Å². The Bertz CT molecular complexity index is 904. The Morgan fingerprint density at radius 2 is 1.96 bits per heavy atom. The van der Waals surface area contributed by atoms with Gasteiger partial charge in [-0.3, -0.25) is 15.0 Å². The summed E-state index contributed by atoms with van der Waals surface area (Å²) in [6.07, 6.45) is -1.65. The van der Waals surface area contributed by atoms with Crippen molar-refractivity contribution in [3.63, 3.8) is 0 Å². The van der Waals surface area contributed by atoms with Gasteiger partial charge in [0, 0.05) is 18.9 Å². The van der Waals surface area contributed by atoms with Crippen LogP contribution in [0.5, 0.6) is 5.75 Å². The zero-order valence-electron chi connectivity index (χ0n) is 12.6.